The molecule has 0 amide bonds. The van der Waals surface area contributed by atoms with Crippen molar-refractivity contribution in [3.8, 4) is 0 Å². The molecule has 0 saturated heterocycles. The van der Waals surface area contributed by atoms with Crippen LogP contribution in [-0.4, -0.2) is 12.6 Å². The normalized spacial score (nSPS) is 6.89. The van der Waals surface area contributed by atoms with Gasteiger partial charge in [0, 0.05) is 7.05 Å². The Balaban J connectivity index is -0.0000000771. The van der Waals surface area contributed by atoms with Crippen LogP contribution < -0.4 is 5.14 Å². The van der Waals surface area contributed by atoms with Crippen LogP contribution in [0.2, 0.25) is 0 Å². The van der Waals surface area contributed by atoms with Crippen molar-refractivity contribution < 1.29 is 0 Å². The minimum Gasteiger partial charge on any atom is -0.288 e. The second kappa shape index (κ2) is 43.8. The SMILES string of the molecule is CC.CC.CN=CSN. The van der Waals surface area contributed by atoms with Crippen molar-refractivity contribution in [2.24, 2.45) is 10.1 Å². The molecule has 0 aliphatic heterocycles. The van der Waals surface area contributed by atoms with Crippen LogP contribution >= 0.6 is 11.9 Å². The maximum Gasteiger partial charge on any atom is 0.0688 e. The Hall–Kier alpha value is -0.0200. The Labute approximate surface area is 63.1 Å². The summed E-state index contributed by atoms with van der Waals surface area (Å²) in [5.41, 5.74) is 1.57. The third-order valence-corrected chi connectivity index (χ3v) is 0.499. The average Bonchev–Trinajstić information content (AvgIpc) is 1.98. The fourth-order valence-corrected chi connectivity index (χ4v) is 0.183. The van der Waals surface area contributed by atoms with Crippen LogP contribution in [0.3, 0.4) is 0 Å². The Morgan fingerprint density at radius 3 is 1.56 bits per heavy atom. The summed E-state index contributed by atoms with van der Waals surface area (Å²) in [7, 11) is 1.68. The average molecular weight is 150 g/mol. The van der Waals surface area contributed by atoms with Crippen LogP contribution in [0.4, 0.5) is 0 Å². The number of hydrogen-bond acceptors (Lipinski definition) is 3. The van der Waals surface area contributed by atoms with Crippen molar-refractivity contribution in [1.29, 1.82) is 0 Å². The van der Waals surface area contributed by atoms with Gasteiger partial charge in [-0.25, -0.2) is 0 Å². The first-order valence-corrected chi connectivity index (χ1v) is 4.12. The van der Waals surface area contributed by atoms with Gasteiger partial charge in [0.25, 0.3) is 0 Å². The zero-order valence-electron chi connectivity index (χ0n) is 7.01. The van der Waals surface area contributed by atoms with Crippen LogP contribution in [0.25, 0.3) is 0 Å². The van der Waals surface area contributed by atoms with E-state index in [1.807, 2.05) is 27.7 Å². The van der Waals surface area contributed by atoms with Gasteiger partial charge in [-0.05, 0) is 11.9 Å². The van der Waals surface area contributed by atoms with E-state index in [0.717, 1.165) is 11.9 Å². The van der Waals surface area contributed by atoms with Crippen molar-refractivity contribution in [1.82, 2.24) is 0 Å². The number of rotatable bonds is 1. The molecule has 0 heterocycles. The number of hydrogen-bond donors (Lipinski definition) is 1. The van der Waals surface area contributed by atoms with E-state index in [-0.39, 0.29) is 0 Å². The summed E-state index contributed by atoms with van der Waals surface area (Å²) in [4.78, 5) is 3.57. The molecule has 0 aliphatic rings. The molecular formula is C6H18N2S. The molecular weight excluding hydrogens is 132 g/mol. The first-order valence-electron chi connectivity index (χ1n) is 3.18. The number of nitrogens with two attached hydrogens (primary N) is 1. The summed E-state index contributed by atoms with van der Waals surface area (Å²) in [5, 5.41) is 4.91. The second-order valence-corrected chi connectivity index (χ2v) is 0.983. The highest BCUT2D eigenvalue weighted by atomic mass is 32.2. The Kier molecular flexibility index (Phi) is 77.8. The zero-order chi connectivity index (χ0) is 8.12. The van der Waals surface area contributed by atoms with Gasteiger partial charge in [0.05, 0.1) is 5.55 Å². The summed E-state index contributed by atoms with van der Waals surface area (Å²) < 4.78 is 0. The van der Waals surface area contributed by atoms with Crippen LogP contribution in [0.1, 0.15) is 27.7 Å². The summed E-state index contributed by atoms with van der Waals surface area (Å²) in [5.74, 6) is 0. The van der Waals surface area contributed by atoms with Crippen molar-refractivity contribution >= 4 is 17.5 Å². The molecule has 0 spiro atoms. The van der Waals surface area contributed by atoms with Crippen LogP contribution in [0, 0.1) is 0 Å². The third kappa shape index (κ3) is 72.8. The van der Waals surface area contributed by atoms with Crippen LogP contribution in [0.5, 0.6) is 0 Å². The highest BCUT2D eigenvalue weighted by molar-refractivity contribution is 8.10. The highest BCUT2D eigenvalue weighted by Gasteiger charge is 1.52. The highest BCUT2D eigenvalue weighted by Crippen LogP contribution is 1.70. The molecule has 0 aromatic heterocycles. The zero-order valence-corrected chi connectivity index (χ0v) is 7.83. The predicted octanol–water partition coefficient (Wildman–Crippen LogP) is 2.30. The molecule has 0 aliphatic carbocycles. The van der Waals surface area contributed by atoms with Gasteiger partial charge < -0.3 is 0 Å². The molecule has 0 unspecified atom stereocenters. The van der Waals surface area contributed by atoms with E-state index in [1.165, 1.54) is 0 Å². The molecule has 0 radical (unpaired) electrons. The minimum atomic E-state index is 1.11. The predicted molar refractivity (Wildman–Crippen MR) is 48.9 cm³/mol. The van der Waals surface area contributed by atoms with Gasteiger partial charge >= 0.3 is 0 Å². The fraction of sp³-hybridized carbons (Fsp3) is 0.833. The topological polar surface area (TPSA) is 38.4 Å². The monoisotopic (exact) mass is 150 g/mol. The van der Waals surface area contributed by atoms with Gasteiger partial charge in [-0.15, -0.1) is 0 Å². The van der Waals surface area contributed by atoms with E-state index >= 15 is 0 Å². The summed E-state index contributed by atoms with van der Waals surface area (Å²) in [6.45, 7) is 8.00. The van der Waals surface area contributed by atoms with E-state index in [2.05, 4.69) is 4.99 Å². The van der Waals surface area contributed by atoms with Gasteiger partial charge in [-0.1, -0.05) is 27.7 Å². The van der Waals surface area contributed by atoms with E-state index in [0.29, 0.717) is 0 Å². The molecule has 9 heavy (non-hydrogen) atoms. The van der Waals surface area contributed by atoms with Crippen molar-refractivity contribution in [2.75, 3.05) is 7.05 Å². The lowest BCUT2D eigenvalue weighted by Crippen LogP contribution is -1.72. The van der Waals surface area contributed by atoms with E-state index in [9.17, 15) is 0 Å². The number of nitrogens with zero attached hydrogens (tertiary/aromatic N) is 1. The lowest BCUT2D eigenvalue weighted by molar-refractivity contribution is 1.49. The summed E-state index contributed by atoms with van der Waals surface area (Å²) in [6, 6.07) is 0. The van der Waals surface area contributed by atoms with Crippen molar-refractivity contribution in [2.45, 2.75) is 27.7 Å². The lowest BCUT2D eigenvalue weighted by atomic mass is 11.0. The molecule has 0 bridgehead atoms. The Bertz CT molecular complexity index is 38.0. The van der Waals surface area contributed by atoms with Crippen LogP contribution in [0.15, 0.2) is 4.99 Å². The molecule has 0 rings (SSSR count). The van der Waals surface area contributed by atoms with Crippen molar-refractivity contribution in [3.05, 3.63) is 0 Å². The largest absolute Gasteiger partial charge is 0.288 e. The quantitative estimate of drug-likeness (QED) is 0.354. The lowest BCUT2D eigenvalue weighted by Gasteiger charge is -1.66. The van der Waals surface area contributed by atoms with Crippen molar-refractivity contribution in [3.63, 3.8) is 0 Å². The molecule has 3 heteroatoms. The van der Waals surface area contributed by atoms with E-state index < -0.39 is 0 Å². The molecule has 0 aromatic rings. The van der Waals surface area contributed by atoms with E-state index in [4.69, 9.17) is 5.14 Å². The maximum absolute atomic E-state index is 4.91. The molecule has 58 valence electrons. The molecule has 0 atom stereocenters. The smallest absolute Gasteiger partial charge is 0.0688 e. The molecule has 0 saturated carbocycles. The van der Waals surface area contributed by atoms with Crippen LogP contribution in [-0.2, 0) is 0 Å². The standard InChI is InChI=1S/C2H6N2S.2C2H6/c1-4-2-5-3;2*1-2/h2H,3H2,1H3;2*1-2H3. The molecule has 2 N–H and O–H groups in total. The second-order valence-electron chi connectivity index (χ2n) is 0.500. The third-order valence-electron chi connectivity index (χ3n) is 0.166. The summed E-state index contributed by atoms with van der Waals surface area (Å²) in [6.07, 6.45) is 0. The molecule has 0 aromatic carbocycles. The van der Waals surface area contributed by atoms with Gasteiger partial charge in [0.1, 0.15) is 0 Å². The molecule has 2 nitrogen and oxygen atoms in total. The minimum absolute atomic E-state index is 1.11. The van der Waals surface area contributed by atoms with Gasteiger partial charge in [0.15, 0.2) is 0 Å². The summed E-state index contributed by atoms with van der Waals surface area (Å²) >= 11 is 1.11. The van der Waals surface area contributed by atoms with Gasteiger partial charge in [-0.3, -0.25) is 10.1 Å². The maximum atomic E-state index is 4.91. The van der Waals surface area contributed by atoms with Gasteiger partial charge in [-0.2, -0.15) is 0 Å². The van der Waals surface area contributed by atoms with Gasteiger partial charge in [0.2, 0.25) is 0 Å². The first-order chi connectivity index (χ1) is 4.41. The Morgan fingerprint density at radius 2 is 1.56 bits per heavy atom. The fourth-order valence-electron chi connectivity index (χ4n) is 0.0609. The van der Waals surface area contributed by atoms with E-state index in [1.54, 1.807) is 12.6 Å². The number of aliphatic imine (C=N–C) groups is 1. The molecule has 0 fully saturated rings. The Morgan fingerprint density at radius 1 is 1.22 bits per heavy atom. The first kappa shape index (κ1) is 16.0.